The zero-order valence-corrected chi connectivity index (χ0v) is 11.8. The Bertz CT molecular complexity index is 638. The van der Waals surface area contributed by atoms with E-state index >= 15 is 0 Å². The van der Waals surface area contributed by atoms with Crippen molar-refractivity contribution in [3.63, 3.8) is 0 Å². The minimum atomic E-state index is -0.163. The zero-order chi connectivity index (χ0) is 14.1. The molecule has 2 N–H and O–H groups in total. The van der Waals surface area contributed by atoms with E-state index in [-0.39, 0.29) is 18.5 Å². The van der Waals surface area contributed by atoms with Crippen molar-refractivity contribution in [3.05, 3.63) is 58.9 Å². The lowest BCUT2D eigenvalue weighted by molar-refractivity contribution is -0.132. The van der Waals surface area contributed by atoms with Crippen LogP contribution in [0.2, 0.25) is 5.02 Å². The third-order valence-electron chi connectivity index (χ3n) is 3.73. The Labute approximate surface area is 122 Å². The first-order valence-corrected chi connectivity index (χ1v) is 6.99. The van der Waals surface area contributed by atoms with Gasteiger partial charge in [0, 0.05) is 30.0 Å². The van der Waals surface area contributed by atoms with E-state index in [1.165, 1.54) is 0 Å². The van der Waals surface area contributed by atoms with Crippen LogP contribution in [0.1, 0.15) is 17.3 Å². The molecular weight excluding hydrogens is 274 g/mol. The topological polar surface area (TPSA) is 51.3 Å². The predicted octanol–water partition coefficient (Wildman–Crippen LogP) is 2.03. The third kappa shape index (κ3) is 2.11. The summed E-state index contributed by atoms with van der Waals surface area (Å²) in [7, 11) is 0. The molecule has 4 nitrogen and oxygen atoms in total. The number of halogens is 1. The van der Waals surface area contributed by atoms with Crippen LogP contribution in [-0.2, 0) is 11.3 Å². The Kier molecular flexibility index (Phi) is 3.51. The van der Waals surface area contributed by atoms with Crippen molar-refractivity contribution in [2.75, 3.05) is 13.1 Å². The molecule has 1 aromatic heterocycles. The average molecular weight is 290 g/mol. The second kappa shape index (κ2) is 5.31. The van der Waals surface area contributed by atoms with Gasteiger partial charge >= 0.3 is 0 Å². The molecule has 0 fully saturated rings. The van der Waals surface area contributed by atoms with E-state index in [2.05, 4.69) is 4.57 Å². The van der Waals surface area contributed by atoms with Crippen molar-refractivity contribution < 1.29 is 4.79 Å². The highest BCUT2D eigenvalue weighted by Crippen LogP contribution is 2.35. The fourth-order valence-corrected chi connectivity index (χ4v) is 3.03. The molecule has 104 valence electrons. The van der Waals surface area contributed by atoms with E-state index < -0.39 is 0 Å². The SMILES string of the molecule is NCC(=O)N1CCn2cccc2C1c1ccccc1Cl. The first-order chi connectivity index (χ1) is 9.72. The van der Waals surface area contributed by atoms with Crippen LogP contribution in [0.5, 0.6) is 0 Å². The van der Waals surface area contributed by atoms with Gasteiger partial charge in [0.2, 0.25) is 5.91 Å². The lowest BCUT2D eigenvalue weighted by Gasteiger charge is -2.37. The maximum absolute atomic E-state index is 12.1. The van der Waals surface area contributed by atoms with Gasteiger partial charge in [-0.1, -0.05) is 29.8 Å². The Morgan fingerprint density at radius 2 is 2.05 bits per heavy atom. The Morgan fingerprint density at radius 3 is 2.80 bits per heavy atom. The van der Waals surface area contributed by atoms with E-state index in [9.17, 15) is 4.79 Å². The molecule has 2 heterocycles. The highest BCUT2D eigenvalue weighted by Gasteiger charge is 2.32. The molecule has 1 amide bonds. The number of aromatic nitrogens is 1. The summed E-state index contributed by atoms with van der Waals surface area (Å²) in [4.78, 5) is 14.0. The number of nitrogens with zero attached hydrogens (tertiary/aromatic N) is 2. The van der Waals surface area contributed by atoms with Crippen molar-refractivity contribution in [2.24, 2.45) is 5.73 Å². The van der Waals surface area contributed by atoms with Gasteiger partial charge in [0.25, 0.3) is 0 Å². The first kappa shape index (κ1) is 13.2. The lowest BCUT2D eigenvalue weighted by atomic mass is 9.99. The van der Waals surface area contributed by atoms with Crippen molar-refractivity contribution >= 4 is 17.5 Å². The molecule has 20 heavy (non-hydrogen) atoms. The minimum absolute atomic E-state index is 0.0155. The van der Waals surface area contributed by atoms with Gasteiger partial charge in [-0.25, -0.2) is 0 Å². The number of hydrogen-bond acceptors (Lipinski definition) is 2. The van der Waals surface area contributed by atoms with E-state index in [1.807, 2.05) is 47.5 Å². The van der Waals surface area contributed by atoms with Gasteiger partial charge in [-0.15, -0.1) is 0 Å². The Hall–Kier alpha value is -1.78. The third-order valence-corrected chi connectivity index (χ3v) is 4.08. The molecule has 0 radical (unpaired) electrons. The molecule has 1 aliphatic rings. The van der Waals surface area contributed by atoms with E-state index in [4.69, 9.17) is 17.3 Å². The smallest absolute Gasteiger partial charge is 0.237 e. The van der Waals surface area contributed by atoms with E-state index in [0.717, 1.165) is 17.8 Å². The second-order valence-corrected chi connectivity index (χ2v) is 5.25. The predicted molar refractivity (Wildman–Crippen MR) is 78.5 cm³/mol. The molecule has 0 saturated carbocycles. The number of carbonyl (C=O) groups is 1. The molecule has 0 aliphatic carbocycles. The van der Waals surface area contributed by atoms with Crippen LogP contribution in [0, 0.1) is 0 Å². The molecule has 1 atom stereocenters. The van der Waals surface area contributed by atoms with Crippen LogP contribution < -0.4 is 5.73 Å². The highest BCUT2D eigenvalue weighted by molar-refractivity contribution is 6.31. The van der Waals surface area contributed by atoms with Crippen LogP contribution >= 0.6 is 11.6 Å². The Morgan fingerprint density at radius 1 is 1.25 bits per heavy atom. The summed E-state index contributed by atoms with van der Waals surface area (Å²) in [6, 6.07) is 11.5. The maximum atomic E-state index is 12.1. The van der Waals surface area contributed by atoms with Gasteiger partial charge in [0.15, 0.2) is 0 Å². The van der Waals surface area contributed by atoms with Crippen LogP contribution in [0.4, 0.5) is 0 Å². The average Bonchev–Trinajstić information content (AvgIpc) is 2.94. The minimum Gasteiger partial charge on any atom is -0.348 e. The summed E-state index contributed by atoms with van der Waals surface area (Å²) in [6.07, 6.45) is 2.03. The number of nitrogens with two attached hydrogens (primary N) is 1. The molecule has 0 bridgehead atoms. The molecule has 1 unspecified atom stereocenters. The number of benzene rings is 1. The van der Waals surface area contributed by atoms with Crippen molar-refractivity contribution in [1.82, 2.24) is 9.47 Å². The fourth-order valence-electron chi connectivity index (χ4n) is 2.79. The number of rotatable bonds is 2. The summed E-state index contributed by atoms with van der Waals surface area (Å²) in [5.74, 6) is -0.0534. The van der Waals surface area contributed by atoms with Gasteiger partial charge in [-0.2, -0.15) is 0 Å². The fraction of sp³-hybridized carbons (Fsp3) is 0.267. The molecular formula is C15H16ClN3O. The number of carbonyl (C=O) groups excluding carboxylic acids is 1. The summed E-state index contributed by atoms with van der Waals surface area (Å²) in [6.45, 7) is 1.45. The van der Waals surface area contributed by atoms with Crippen LogP contribution in [0.15, 0.2) is 42.6 Å². The van der Waals surface area contributed by atoms with Crippen molar-refractivity contribution in [3.8, 4) is 0 Å². The van der Waals surface area contributed by atoms with Gasteiger partial charge in [-0.05, 0) is 23.8 Å². The lowest BCUT2D eigenvalue weighted by Crippen LogP contribution is -2.45. The van der Waals surface area contributed by atoms with Crippen LogP contribution in [0.3, 0.4) is 0 Å². The van der Waals surface area contributed by atoms with Crippen LogP contribution in [0.25, 0.3) is 0 Å². The maximum Gasteiger partial charge on any atom is 0.237 e. The summed E-state index contributed by atoms with van der Waals surface area (Å²) in [5, 5.41) is 0.668. The Balaban J connectivity index is 2.12. The van der Waals surface area contributed by atoms with E-state index in [0.29, 0.717) is 11.6 Å². The van der Waals surface area contributed by atoms with Crippen molar-refractivity contribution in [1.29, 1.82) is 0 Å². The first-order valence-electron chi connectivity index (χ1n) is 6.61. The van der Waals surface area contributed by atoms with E-state index in [1.54, 1.807) is 0 Å². The second-order valence-electron chi connectivity index (χ2n) is 4.84. The van der Waals surface area contributed by atoms with Gasteiger partial charge in [0.1, 0.15) is 0 Å². The van der Waals surface area contributed by atoms with Crippen LogP contribution in [-0.4, -0.2) is 28.5 Å². The molecule has 5 heteroatoms. The standard InChI is InChI=1S/C15H16ClN3O/c16-12-5-2-1-4-11(12)15-13-6-3-7-18(13)8-9-19(15)14(20)10-17/h1-7,15H,8-10,17H2. The summed E-state index contributed by atoms with van der Waals surface area (Å²) >= 11 is 6.33. The van der Waals surface area contributed by atoms with Gasteiger partial charge in [-0.3, -0.25) is 4.79 Å². The number of fused-ring (bicyclic) bond motifs is 1. The quantitative estimate of drug-likeness (QED) is 0.920. The molecule has 1 aliphatic heterocycles. The summed E-state index contributed by atoms with van der Waals surface area (Å²) < 4.78 is 2.16. The van der Waals surface area contributed by atoms with Crippen molar-refractivity contribution in [2.45, 2.75) is 12.6 Å². The van der Waals surface area contributed by atoms with Gasteiger partial charge in [0.05, 0.1) is 12.6 Å². The van der Waals surface area contributed by atoms with Gasteiger partial charge < -0.3 is 15.2 Å². The summed E-state index contributed by atoms with van der Waals surface area (Å²) in [5.41, 5.74) is 7.56. The monoisotopic (exact) mass is 289 g/mol. The molecule has 0 saturated heterocycles. The largest absolute Gasteiger partial charge is 0.348 e. The zero-order valence-electron chi connectivity index (χ0n) is 11.0. The molecule has 2 aromatic rings. The number of amides is 1. The molecule has 3 rings (SSSR count). The molecule has 1 aromatic carbocycles. The normalized spacial score (nSPS) is 17.9. The molecule has 0 spiro atoms. The number of hydrogen-bond donors (Lipinski definition) is 1. The highest BCUT2D eigenvalue weighted by atomic mass is 35.5.